The second kappa shape index (κ2) is 11.9. The van der Waals surface area contributed by atoms with Crippen LogP contribution < -0.4 is 15.9 Å². The Labute approximate surface area is 232 Å². The zero-order valence-electron chi connectivity index (χ0n) is 22.0. The number of hydrogen-bond donors (Lipinski definition) is 0. The Balaban J connectivity index is 1.96. The first-order valence-electron chi connectivity index (χ1n) is 12.6. The van der Waals surface area contributed by atoms with E-state index < -0.39 is 24.9 Å². The predicted molar refractivity (Wildman–Crippen MR) is 156 cm³/mol. The third kappa shape index (κ3) is 4.85. The molecule has 1 unspecified atom stereocenters. The van der Waals surface area contributed by atoms with Gasteiger partial charge in [0.25, 0.3) is 0 Å². The van der Waals surface area contributed by atoms with Crippen molar-refractivity contribution >= 4 is 40.0 Å². The van der Waals surface area contributed by atoms with Gasteiger partial charge in [0.1, 0.15) is 0 Å². The number of carbonyl (C=O) groups is 2. The van der Waals surface area contributed by atoms with Crippen LogP contribution in [-0.2, 0) is 19.1 Å². The Hall–Kier alpha value is -4.81. The summed E-state index contributed by atoms with van der Waals surface area (Å²) in [6.07, 6.45) is 0. The van der Waals surface area contributed by atoms with Gasteiger partial charge >= 0.3 is 11.9 Å². The van der Waals surface area contributed by atoms with Crippen LogP contribution in [0.1, 0.15) is 6.04 Å². The van der Waals surface area contributed by atoms with Gasteiger partial charge in [0.2, 0.25) is 11.9 Å². The predicted octanol–water partition coefficient (Wildman–Crippen LogP) is 3.39. The zero-order valence-corrected chi connectivity index (χ0v) is 22.9. The molecule has 1 heterocycles. The molecule has 0 aliphatic carbocycles. The number of rotatable bonds is 8. The van der Waals surface area contributed by atoms with Gasteiger partial charge in [-0.3, -0.25) is 0 Å². The molecule has 5 aromatic rings. The Morgan fingerprint density at radius 3 is 1.55 bits per heavy atom. The summed E-state index contributed by atoms with van der Waals surface area (Å²) in [5, 5.41) is 15.8. The van der Waals surface area contributed by atoms with Gasteiger partial charge in [-0.1, -0.05) is 121 Å². The van der Waals surface area contributed by atoms with Crippen LogP contribution >= 0.6 is 6.89 Å². The molecule has 0 aliphatic rings. The lowest BCUT2D eigenvalue weighted by Gasteiger charge is -2.33. The smallest absolute Gasteiger partial charge is 0.337 e. The minimum absolute atomic E-state index is 0.169. The number of methoxy groups -OCH3 is 2. The van der Waals surface area contributed by atoms with Gasteiger partial charge < -0.3 is 9.47 Å². The van der Waals surface area contributed by atoms with Gasteiger partial charge in [-0.15, -0.1) is 15.0 Å². The molecule has 0 spiro atoms. The first-order valence-corrected chi connectivity index (χ1v) is 14.3. The molecule has 5 rings (SSSR count). The summed E-state index contributed by atoms with van der Waals surface area (Å²) in [6.45, 7) is -3.07. The highest BCUT2D eigenvalue weighted by atomic mass is 31.2. The number of carbonyl (C=O) groups excluding carboxylic acids is 2. The molecule has 0 amide bonds. The number of tetrazole rings is 1. The van der Waals surface area contributed by atoms with Crippen molar-refractivity contribution in [1.82, 2.24) is 20.2 Å². The molecule has 0 saturated heterocycles. The maximum Gasteiger partial charge on any atom is 0.337 e. The van der Waals surface area contributed by atoms with Crippen molar-refractivity contribution in [2.24, 2.45) is 0 Å². The molecule has 8 nitrogen and oxygen atoms in total. The van der Waals surface area contributed by atoms with Crippen LogP contribution in [0, 0.1) is 0 Å². The molecular formula is C31H27N4O4P. The van der Waals surface area contributed by atoms with E-state index in [1.807, 2.05) is 121 Å². The lowest BCUT2D eigenvalue weighted by atomic mass is 10.2. The molecule has 0 N–H and O–H groups in total. The fraction of sp³-hybridized carbons (Fsp3) is 0.0968. The van der Waals surface area contributed by atoms with E-state index in [-0.39, 0.29) is 5.29 Å². The molecule has 0 radical (unpaired) electrons. The maximum atomic E-state index is 14.1. The lowest BCUT2D eigenvalue weighted by Crippen LogP contribution is -2.42. The van der Waals surface area contributed by atoms with E-state index in [0.717, 1.165) is 20.7 Å². The van der Waals surface area contributed by atoms with Crippen LogP contribution in [0.4, 0.5) is 0 Å². The molecule has 0 fully saturated rings. The van der Waals surface area contributed by atoms with Gasteiger partial charge in [0.15, 0.2) is 0 Å². The average Bonchev–Trinajstić information content (AvgIpc) is 3.52. The molecule has 0 aliphatic heterocycles. The minimum Gasteiger partial charge on any atom is -0.467 e. The fourth-order valence-corrected chi connectivity index (χ4v) is 9.35. The van der Waals surface area contributed by atoms with E-state index in [1.54, 1.807) is 0 Å². The molecule has 4 aromatic carbocycles. The molecule has 1 aromatic heterocycles. The SMILES string of the molecule is COC(=O)C(C(C(=O)OC)n1nnc(-c2ccccc2)n1)=P(c1ccccc1)(c1ccccc1)c1ccccc1. The molecule has 9 heteroatoms. The molecule has 0 saturated carbocycles. The molecule has 0 bridgehead atoms. The summed E-state index contributed by atoms with van der Waals surface area (Å²) >= 11 is 0. The third-order valence-electron chi connectivity index (χ3n) is 6.56. The summed E-state index contributed by atoms with van der Waals surface area (Å²) in [6, 6.07) is 37.0. The van der Waals surface area contributed by atoms with E-state index in [0.29, 0.717) is 11.4 Å². The summed E-state index contributed by atoms with van der Waals surface area (Å²) < 4.78 is 10.7. The monoisotopic (exact) mass is 550 g/mol. The van der Waals surface area contributed by atoms with Gasteiger partial charge in [-0.2, -0.15) is 0 Å². The Morgan fingerprint density at radius 2 is 1.12 bits per heavy atom. The van der Waals surface area contributed by atoms with Gasteiger partial charge in [-0.25, -0.2) is 9.59 Å². The standard InChI is InChI=1S/C31H27N4O4P/c1-38-30(36)27(35-33-29(32-34-35)23-15-7-3-8-16-23)28(31(37)39-2)40(24-17-9-4-10-18-24,25-19-11-5-12-20-25)26-21-13-6-14-22-26/h3-22,27H,1-2H3. The number of esters is 2. The van der Waals surface area contributed by atoms with E-state index in [4.69, 9.17) is 9.47 Å². The second-order valence-electron chi connectivity index (χ2n) is 8.78. The summed E-state index contributed by atoms with van der Waals surface area (Å²) in [4.78, 5) is 28.9. The topological polar surface area (TPSA) is 96.2 Å². The lowest BCUT2D eigenvalue weighted by molar-refractivity contribution is -0.144. The number of benzene rings is 4. The minimum atomic E-state index is -3.07. The summed E-state index contributed by atoms with van der Waals surface area (Å²) in [7, 11) is 2.57. The van der Waals surface area contributed by atoms with Crippen molar-refractivity contribution in [3.05, 3.63) is 121 Å². The van der Waals surface area contributed by atoms with Crippen LogP contribution in [0.2, 0.25) is 0 Å². The number of aromatic nitrogens is 4. The normalized spacial score (nSPS) is 11.8. The van der Waals surface area contributed by atoms with E-state index in [2.05, 4.69) is 15.4 Å². The molecule has 200 valence electrons. The van der Waals surface area contributed by atoms with Crippen LogP contribution in [0.5, 0.6) is 0 Å². The summed E-state index contributed by atoms with van der Waals surface area (Å²) in [5.41, 5.74) is 0.715. The van der Waals surface area contributed by atoms with Crippen LogP contribution in [-0.4, -0.2) is 51.7 Å². The van der Waals surface area contributed by atoms with Crippen molar-refractivity contribution in [3.8, 4) is 11.4 Å². The highest BCUT2D eigenvalue weighted by Gasteiger charge is 2.43. The average molecular weight is 551 g/mol. The molecule has 40 heavy (non-hydrogen) atoms. The Morgan fingerprint density at radius 1 is 0.675 bits per heavy atom. The highest BCUT2D eigenvalue weighted by Crippen LogP contribution is 2.48. The van der Waals surface area contributed by atoms with Crippen molar-refractivity contribution in [2.45, 2.75) is 6.04 Å². The van der Waals surface area contributed by atoms with Crippen molar-refractivity contribution in [3.63, 3.8) is 0 Å². The maximum absolute atomic E-state index is 14.1. The fourth-order valence-electron chi connectivity index (χ4n) is 4.82. The number of ether oxygens (including phenoxy) is 2. The molecular weight excluding hydrogens is 523 g/mol. The van der Waals surface area contributed by atoms with Crippen LogP contribution in [0.25, 0.3) is 11.4 Å². The van der Waals surface area contributed by atoms with Gasteiger partial charge in [0, 0.05) is 5.56 Å². The molecule has 1 atom stereocenters. The van der Waals surface area contributed by atoms with E-state index in [9.17, 15) is 9.59 Å². The van der Waals surface area contributed by atoms with Crippen LogP contribution in [0.3, 0.4) is 0 Å². The quantitative estimate of drug-likeness (QED) is 0.216. The van der Waals surface area contributed by atoms with Gasteiger partial charge in [-0.05, 0) is 28.0 Å². The van der Waals surface area contributed by atoms with E-state index in [1.165, 1.54) is 14.2 Å². The summed E-state index contributed by atoms with van der Waals surface area (Å²) in [5.74, 6) is -1.08. The number of hydrogen-bond acceptors (Lipinski definition) is 7. The first-order chi connectivity index (χ1) is 19.6. The first kappa shape index (κ1) is 26.8. The number of nitrogens with zero attached hydrogens (tertiary/aromatic N) is 4. The zero-order chi connectivity index (χ0) is 28.0. The van der Waals surface area contributed by atoms with Crippen LogP contribution in [0.15, 0.2) is 121 Å². The van der Waals surface area contributed by atoms with Gasteiger partial charge in [0.05, 0.1) is 19.5 Å². The Bertz CT molecular complexity index is 1550. The van der Waals surface area contributed by atoms with E-state index >= 15 is 0 Å². The largest absolute Gasteiger partial charge is 0.467 e. The van der Waals surface area contributed by atoms with Crippen molar-refractivity contribution in [1.29, 1.82) is 0 Å². The second-order valence-corrected chi connectivity index (χ2v) is 12.2. The highest BCUT2D eigenvalue weighted by molar-refractivity contribution is 7.96. The van der Waals surface area contributed by atoms with Crippen molar-refractivity contribution in [2.75, 3.05) is 14.2 Å². The van der Waals surface area contributed by atoms with Crippen molar-refractivity contribution < 1.29 is 19.1 Å². The third-order valence-corrected chi connectivity index (χ3v) is 10.9. The Kier molecular flexibility index (Phi) is 7.99.